The Morgan fingerprint density at radius 3 is 1.67 bits per heavy atom. The first kappa shape index (κ1) is 31.8. The smallest absolute Gasteiger partial charge is 0.306 e. The summed E-state index contributed by atoms with van der Waals surface area (Å²) in [6.07, 6.45) is 6.94. The van der Waals surface area contributed by atoms with Crippen molar-refractivity contribution in [2.45, 2.75) is 84.7 Å². The van der Waals surface area contributed by atoms with Crippen LogP contribution in [0.1, 0.15) is 79.1 Å². The summed E-state index contributed by atoms with van der Waals surface area (Å²) in [6, 6.07) is 0. The Morgan fingerprint density at radius 1 is 0.667 bits per heavy atom. The first-order chi connectivity index (χ1) is 13.9. The predicted octanol–water partition coefficient (Wildman–Crippen LogP) is 3.68. The molecule has 0 spiro atoms. The average molecular weight is 546 g/mol. The molecule has 30 heavy (non-hydrogen) atoms. The van der Waals surface area contributed by atoms with Gasteiger partial charge in [-0.15, -0.1) is 0 Å². The standard InChI is InChI=1S/C22H42O7.Te/c1-5-7-9-11-20(23)28-18-17-26-14-13-25-15-16-27-19-22(3,4)29-21(24)12-10-8-6-2;/h5-19H2,1-4H3;. The molecule has 0 N–H and O–H groups in total. The van der Waals surface area contributed by atoms with Gasteiger partial charge in [0.2, 0.25) is 0 Å². The van der Waals surface area contributed by atoms with Crippen LogP contribution in [0.25, 0.3) is 0 Å². The van der Waals surface area contributed by atoms with Crippen molar-refractivity contribution >= 4 is 35.6 Å². The molecule has 7 nitrogen and oxygen atoms in total. The number of rotatable bonds is 20. The van der Waals surface area contributed by atoms with E-state index in [-0.39, 0.29) is 42.2 Å². The van der Waals surface area contributed by atoms with Gasteiger partial charge in [-0.1, -0.05) is 39.5 Å². The summed E-state index contributed by atoms with van der Waals surface area (Å²) in [7, 11) is 0. The molecular weight excluding hydrogens is 504 g/mol. The largest absolute Gasteiger partial charge is 0.463 e. The van der Waals surface area contributed by atoms with Gasteiger partial charge in [-0.05, 0) is 26.7 Å². The summed E-state index contributed by atoms with van der Waals surface area (Å²) in [5, 5.41) is 0. The quantitative estimate of drug-likeness (QED) is 0.131. The molecule has 0 bridgehead atoms. The summed E-state index contributed by atoms with van der Waals surface area (Å²) in [5.74, 6) is -0.336. The molecule has 0 aliphatic rings. The van der Waals surface area contributed by atoms with Crippen LogP contribution in [0, 0.1) is 0 Å². The number of hydrogen-bond donors (Lipinski definition) is 0. The van der Waals surface area contributed by atoms with E-state index in [1.807, 2.05) is 13.8 Å². The van der Waals surface area contributed by atoms with Crippen LogP contribution in [0.5, 0.6) is 0 Å². The topological polar surface area (TPSA) is 80.3 Å². The molecule has 2 radical (unpaired) electrons. The number of hydrogen-bond acceptors (Lipinski definition) is 7. The van der Waals surface area contributed by atoms with E-state index >= 15 is 0 Å². The number of carbonyl (C=O) groups is 2. The second kappa shape index (κ2) is 21.8. The molecule has 0 saturated heterocycles. The van der Waals surface area contributed by atoms with E-state index in [1.54, 1.807) is 0 Å². The second-order valence-corrected chi connectivity index (χ2v) is 7.65. The minimum atomic E-state index is -0.639. The van der Waals surface area contributed by atoms with Crippen molar-refractivity contribution in [3.63, 3.8) is 0 Å². The minimum Gasteiger partial charge on any atom is -0.463 e. The predicted molar refractivity (Wildman–Crippen MR) is 118 cm³/mol. The summed E-state index contributed by atoms with van der Waals surface area (Å²) < 4.78 is 26.8. The van der Waals surface area contributed by atoms with Crippen LogP contribution in [-0.2, 0) is 33.3 Å². The van der Waals surface area contributed by atoms with Crippen molar-refractivity contribution in [3.05, 3.63) is 0 Å². The maximum Gasteiger partial charge on any atom is 0.306 e. The van der Waals surface area contributed by atoms with Crippen LogP contribution in [0.15, 0.2) is 0 Å². The number of unbranched alkanes of at least 4 members (excludes halogenated alkanes) is 4. The first-order valence-electron chi connectivity index (χ1n) is 11.0. The third-order valence-electron chi connectivity index (χ3n) is 4.04. The van der Waals surface area contributed by atoms with Gasteiger partial charge in [0.15, 0.2) is 0 Å². The van der Waals surface area contributed by atoms with E-state index in [2.05, 4.69) is 13.8 Å². The van der Waals surface area contributed by atoms with Gasteiger partial charge in [0.25, 0.3) is 0 Å². The molecule has 0 aromatic heterocycles. The fourth-order valence-electron chi connectivity index (χ4n) is 2.47. The zero-order chi connectivity index (χ0) is 21.8. The minimum absolute atomic E-state index is 0. The van der Waals surface area contributed by atoms with Gasteiger partial charge in [-0.3, -0.25) is 9.59 Å². The third-order valence-corrected chi connectivity index (χ3v) is 4.04. The first-order valence-corrected chi connectivity index (χ1v) is 11.0. The third kappa shape index (κ3) is 22.3. The molecule has 0 atom stereocenters. The molecule has 0 amide bonds. The Bertz CT molecular complexity index is 416. The van der Waals surface area contributed by atoms with E-state index in [4.69, 9.17) is 23.7 Å². The van der Waals surface area contributed by atoms with Crippen molar-refractivity contribution < 1.29 is 33.3 Å². The van der Waals surface area contributed by atoms with E-state index < -0.39 is 5.60 Å². The van der Waals surface area contributed by atoms with E-state index in [0.717, 1.165) is 38.5 Å². The van der Waals surface area contributed by atoms with Gasteiger partial charge in [0.05, 0.1) is 39.6 Å². The SMILES string of the molecule is CCCCCC(=O)OCCOCCOCCOCC(C)(C)OC(=O)CCCCC.[Te]. The fourth-order valence-corrected chi connectivity index (χ4v) is 2.47. The molecule has 178 valence electrons. The van der Waals surface area contributed by atoms with Crippen molar-refractivity contribution in [1.29, 1.82) is 0 Å². The summed E-state index contributed by atoms with van der Waals surface area (Å²) >= 11 is 0. The van der Waals surface area contributed by atoms with Crippen LogP contribution in [0.4, 0.5) is 0 Å². The van der Waals surface area contributed by atoms with E-state index in [1.165, 1.54) is 0 Å². The van der Waals surface area contributed by atoms with Gasteiger partial charge in [-0.25, -0.2) is 0 Å². The average Bonchev–Trinajstić information content (AvgIpc) is 2.66. The number of carbonyl (C=O) groups excluding carboxylic acids is 2. The normalized spacial score (nSPS) is 11.1. The molecule has 0 rings (SSSR count). The molecule has 0 aromatic carbocycles. The van der Waals surface area contributed by atoms with E-state index in [9.17, 15) is 9.59 Å². The molecule has 0 fully saturated rings. The zero-order valence-corrected chi connectivity index (χ0v) is 21.7. The summed E-state index contributed by atoms with van der Waals surface area (Å²) in [4.78, 5) is 23.2. The van der Waals surface area contributed by atoms with Gasteiger partial charge in [-0.2, -0.15) is 0 Å². The van der Waals surface area contributed by atoms with Crippen LogP contribution in [-0.4, -0.2) is 87.5 Å². The second-order valence-electron chi connectivity index (χ2n) is 7.65. The van der Waals surface area contributed by atoms with Gasteiger partial charge in [0.1, 0.15) is 12.2 Å². The Balaban J connectivity index is 0. The van der Waals surface area contributed by atoms with Crippen LogP contribution < -0.4 is 0 Å². The van der Waals surface area contributed by atoms with Crippen molar-refractivity contribution in [3.8, 4) is 0 Å². The Kier molecular flexibility index (Phi) is 23.1. The van der Waals surface area contributed by atoms with Crippen molar-refractivity contribution in [2.75, 3.05) is 46.2 Å². The maximum atomic E-state index is 11.8. The van der Waals surface area contributed by atoms with Crippen LogP contribution in [0.2, 0.25) is 0 Å². The molecule has 8 heteroatoms. The fraction of sp³-hybridized carbons (Fsp3) is 0.909. The molecule has 0 aliphatic carbocycles. The monoisotopic (exact) mass is 548 g/mol. The van der Waals surface area contributed by atoms with Gasteiger partial charge in [0, 0.05) is 36.5 Å². The van der Waals surface area contributed by atoms with E-state index in [0.29, 0.717) is 52.5 Å². The van der Waals surface area contributed by atoms with Crippen LogP contribution >= 0.6 is 0 Å². The molecular formula is C22H42O7Te. The van der Waals surface area contributed by atoms with Gasteiger partial charge < -0.3 is 23.7 Å². The Labute approximate surface area is 199 Å². The zero-order valence-electron chi connectivity index (χ0n) is 19.4. The van der Waals surface area contributed by atoms with Crippen molar-refractivity contribution in [2.24, 2.45) is 0 Å². The Morgan fingerprint density at radius 2 is 1.13 bits per heavy atom. The molecule has 0 aromatic rings. The molecule has 0 aliphatic heterocycles. The molecule has 0 saturated carbocycles. The Hall–Kier alpha value is -0.390. The number of esters is 2. The maximum absolute atomic E-state index is 11.8. The van der Waals surface area contributed by atoms with Crippen molar-refractivity contribution in [1.82, 2.24) is 0 Å². The molecule has 0 heterocycles. The van der Waals surface area contributed by atoms with Crippen LogP contribution in [0.3, 0.4) is 0 Å². The van der Waals surface area contributed by atoms with Gasteiger partial charge >= 0.3 is 11.9 Å². The molecule has 0 unspecified atom stereocenters. The number of ether oxygens (including phenoxy) is 5. The summed E-state index contributed by atoms with van der Waals surface area (Å²) in [6.45, 7) is 10.6. The summed E-state index contributed by atoms with van der Waals surface area (Å²) in [5.41, 5.74) is -0.639.